The van der Waals surface area contributed by atoms with Crippen molar-refractivity contribution >= 4 is 35.6 Å². The molecule has 6 nitrogen and oxygen atoms in total. The van der Waals surface area contributed by atoms with Gasteiger partial charge in [0.05, 0.1) is 6.10 Å². The standard InChI is InChI=1S/C26H37N5O.HI/c1-20-3-9-24(10-4-20)31-16-11-23(19-31)29-26(27-2)28-17-21-5-7-22(8-6-21)18-30-14-12-25(32)13-15-30;/h3-10,23,25,32H,11-19H2,1-2H3,(H2,27,28,29);1H. The van der Waals surface area contributed by atoms with Crippen LogP contribution >= 0.6 is 24.0 Å². The highest BCUT2D eigenvalue weighted by molar-refractivity contribution is 14.0. The molecule has 33 heavy (non-hydrogen) atoms. The van der Waals surface area contributed by atoms with Crippen molar-refractivity contribution in [1.82, 2.24) is 15.5 Å². The van der Waals surface area contributed by atoms with Gasteiger partial charge in [-0.15, -0.1) is 24.0 Å². The van der Waals surface area contributed by atoms with Crippen molar-refractivity contribution in [2.24, 2.45) is 4.99 Å². The molecule has 2 aliphatic heterocycles. The number of aliphatic hydroxyl groups is 1. The molecule has 7 heteroatoms. The van der Waals surface area contributed by atoms with Gasteiger partial charge in [0.1, 0.15) is 0 Å². The number of nitrogens with zero attached hydrogens (tertiary/aromatic N) is 3. The summed E-state index contributed by atoms with van der Waals surface area (Å²) in [4.78, 5) is 9.29. The maximum atomic E-state index is 9.67. The van der Waals surface area contributed by atoms with E-state index < -0.39 is 0 Å². The largest absolute Gasteiger partial charge is 0.393 e. The van der Waals surface area contributed by atoms with Gasteiger partial charge in [0, 0.05) is 58.0 Å². The summed E-state index contributed by atoms with van der Waals surface area (Å²) in [6, 6.07) is 18.0. The number of aryl methyl sites for hydroxylation is 1. The number of anilines is 1. The molecule has 0 bridgehead atoms. The first-order valence-corrected chi connectivity index (χ1v) is 11.9. The molecule has 3 N–H and O–H groups in total. The monoisotopic (exact) mass is 563 g/mol. The van der Waals surface area contributed by atoms with E-state index in [1.807, 2.05) is 7.05 Å². The Morgan fingerprint density at radius 1 is 0.970 bits per heavy atom. The predicted molar refractivity (Wildman–Crippen MR) is 148 cm³/mol. The van der Waals surface area contributed by atoms with Crippen molar-refractivity contribution in [1.29, 1.82) is 0 Å². The van der Waals surface area contributed by atoms with E-state index in [-0.39, 0.29) is 30.1 Å². The quantitative estimate of drug-likeness (QED) is 0.286. The van der Waals surface area contributed by atoms with Crippen LogP contribution in [-0.2, 0) is 13.1 Å². The molecule has 180 valence electrons. The number of nitrogens with one attached hydrogen (secondary N) is 2. The van der Waals surface area contributed by atoms with Crippen LogP contribution in [0.25, 0.3) is 0 Å². The lowest BCUT2D eigenvalue weighted by atomic mass is 10.1. The molecule has 2 aromatic carbocycles. The first-order chi connectivity index (χ1) is 15.6. The van der Waals surface area contributed by atoms with Crippen molar-refractivity contribution in [3.05, 3.63) is 65.2 Å². The van der Waals surface area contributed by atoms with Gasteiger partial charge in [0.25, 0.3) is 0 Å². The van der Waals surface area contributed by atoms with Gasteiger partial charge in [-0.3, -0.25) is 9.89 Å². The summed E-state index contributed by atoms with van der Waals surface area (Å²) in [6.45, 7) is 7.86. The minimum atomic E-state index is -0.113. The molecule has 0 spiro atoms. The van der Waals surface area contributed by atoms with Crippen molar-refractivity contribution in [2.45, 2.75) is 51.4 Å². The number of hydrogen-bond donors (Lipinski definition) is 3. The van der Waals surface area contributed by atoms with Crippen LogP contribution in [0.5, 0.6) is 0 Å². The van der Waals surface area contributed by atoms with Crippen LogP contribution < -0.4 is 15.5 Å². The lowest BCUT2D eigenvalue weighted by Gasteiger charge is -2.29. The third-order valence-electron chi connectivity index (χ3n) is 6.60. The van der Waals surface area contributed by atoms with Gasteiger partial charge in [-0.2, -0.15) is 0 Å². The van der Waals surface area contributed by atoms with Crippen LogP contribution in [0.15, 0.2) is 53.5 Å². The van der Waals surface area contributed by atoms with Crippen molar-refractivity contribution in [3.63, 3.8) is 0 Å². The fraction of sp³-hybridized carbons (Fsp3) is 0.500. The molecule has 2 aliphatic rings. The van der Waals surface area contributed by atoms with Crippen molar-refractivity contribution in [3.8, 4) is 0 Å². The molecule has 1 atom stereocenters. The molecule has 2 heterocycles. The molecular weight excluding hydrogens is 525 g/mol. The topological polar surface area (TPSA) is 63.1 Å². The number of rotatable bonds is 6. The second-order valence-electron chi connectivity index (χ2n) is 9.16. The first-order valence-electron chi connectivity index (χ1n) is 11.9. The van der Waals surface area contributed by atoms with Gasteiger partial charge in [-0.1, -0.05) is 42.0 Å². The third kappa shape index (κ3) is 7.58. The van der Waals surface area contributed by atoms with Crippen LogP contribution in [0.2, 0.25) is 0 Å². The summed E-state index contributed by atoms with van der Waals surface area (Å²) in [5.41, 5.74) is 5.17. The van der Waals surface area contributed by atoms with Crippen molar-refractivity contribution < 1.29 is 5.11 Å². The van der Waals surface area contributed by atoms with Crippen LogP contribution in [0.1, 0.15) is 36.0 Å². The molecule has 0 aromatic heterocycles. The lowest BCUT2D eigenvalue weighted by molar-refractivity contribution is 0.0792. The molecule has 4 rings (SSSR count). The van der Waals surface area contributed by atoms with Crippen LogP contribution in [0.3, 0.4) is 0 Å². The molecule has 0 amide bonds. The summed E-state index contributed by atoms with van der Waals surface area (Å²) in [5.74, 6) is 0.858. The van der Waals surface area contributed by atoms with Gasteiger partial charge in [0.15, 0.2) is 5.96 Å². The predicted octanol–water partition coefficient (Wildman–Crippen LogP) is 3.51. The zero-order chi connectivity index (χ0) is 22.3. The Morgan fingerprint density at radius 2 is 1.64 bits per heavy atom. The first kappa shape index (κ1) is 25.8. The Kier molecular flexibility index (Phi) is 9.82. The summed E-state index contributed by atoms with van der Waals surface area (Å²) in [6.07, 6.45) is 2.77. The number of piperidine rings is 1. The van der Waals surface area contributed by atoms with E-state index >= 15 is 0 Å². The normalized spacial score (nSPS) is 19.9. The van der Waals surface area contributed by atoms with Gasteiger partial charge >= 0.3 is 0 Å². The zero-order valence-corrected chi connectivity index (χ0v) is 22.2. The van der Waals surface area contributed by atoms with Crippen LogP contribution in [-0.4, -0.2) is 61.3 Å². The summed E-state index contributed by atoms with van der Waals surface area (Å²) in [5, 5.41) is 16.7. The Balaban J connectivity index is 0.00000306. The Bertz CT molecular complexity index is 879. The highest BCUT2D eigenvalue weighted by atomic mass is 127. The van der Waals surface area contributed by atoms with E-state index in [9.17, 15) is 5.11 Å². The number of benzene rings is 2. The molecule has 2 fully saturated rings. The molecule has 1 unspecified atom stereocenters. The lowest BCUT2D eigenvalue weighted by Crippen LogP contribution is -2.44. The maximum absolute atomic E-state index is 9.67. The van der Waals surface area contributed by atoms with Crippen molar-refractivity contribution in [2.75, 3.05) is 38.1 Å². The minimum Gasteiger partial charge on any atom is -0.393 e. The highest BCUT2D eigenvalue weighted by Gasteiger charge is 2.23. The highest BCUT2D eigenvalue weighted by Crippen LogP contribution is 2.20. The average Bonchev–Trinajstić information content (AvgIpc) is 3.28. The fourth-order valence-corrected chi connectivity index (χ4v) is 4.54. The van der Waals surface area contributed by atoms with E-state index in [1.54, 1.807) is 0 Å². The summed E-state index contributed by atoms with van der Waals surface area (Å²) >= 11 is 0. The number of aliphatic hydroxyl groups excluding tert-OH is 1. The Labute approximate surface area is 215 Å². The minimum absolute atomic E-state index is 0. The van der Waals surface area contributed by atoms with Crippen LogP contribution in [0, 0.1) is 6.92 Å². The number of aliphatic imine (C=N–C) groups is 1. The number of likely N-dealkylation sites (tertiary alicyclic amines) is 1. The van der Waals surface area contributed by atoms with E-state index in [2.05, 4.69) is 80.9 Å². The second-order valence-corrected chi connectivity index (χ2v) is 9.16. The number of hydrogen-bond acceptors (Lipinski definition) is 4. The van der Waals surface area contributed by atoms with Gasteiger partial charge < -0.3 is 20.6 Å². The molecule has 0 aliphatic carbocycles. The SMILES string of the molecule is CN=C(NCc1ccc(CN2CCC(O)CC2)cc1)NC1CCN(c2ccc(C)cc2)C1.I. The number of halogens is 1. The Morgan fingerprint density at radius 3 is 2.30 bits per heavy atom. The molecule has 2 saturated heterocycles. The Hall–Kier alpha value is -1.84. The fourth-order valence-electron chi connectivity index (χ4n) is 4.54. The number of guanidine groups is 1. The molecule has 0 radical (unpaired) electrons. The summed E-state index contributed by atoms with van der Waals surface area (Å²) < 4.78 is 0. The molecular formula is C26H38IN5O. The van der Waals surface area contributed by atoms with Gasteiger partial charge in [0.2, 0.25) is 0 Å². The molecule has 2 aromatic rings. The van der Waals surface area contributed by atoms with Gasteiger partial charge in [-0.25, -0.2) is 0 Å². The van der Waals surface area contributed by atoms with Gasteiger partial charge in [-0.05, 0) is 49.4 Å². The van der Waals surface area contributed by atoms with E-state index in [1.165, 1.54) is 22.4 Å². The average molecular weight is 564 g/mol. The third-order valence-corrected chi connectivity index (χ3v) is 6.60. The van der Waals surface area contributed by atoms with E-state index in [0.717, 1.165) is 64.5 Å². The maximum Gasteiger partial charge on any atom is 0.191 e. The van der Waals surface area contributed by atoms with Crippen LogP contribution in [0.4, 0.5) is 5.69 Å². The molecule has 0 saturated carbocycles. The smallest absolute Gasteiger partial charge is 0.191 e. The van der Waals surface area contributed by atoms with E-state index in [0.29, 0.717) is 6.04 Å². The zero-order valence-electron chi connectivity index (χ0n) is 19.8. The second kappa shape index (κ2) is 12.6. The summed E-state index contributed by atoms with van der Waals surface area (Å²) in [7, 11) is 1.83. The van der Waals surface area contributed by atoms with E-state index in [4.69, 9.17) is 0 Å².